The van der Waals surface area contributed by atoms with Gasteiger partial charge < -0.3 is 15.8 Å². The summed E-state index contributed by atoms with van der Waals surface area (Å²) in [6.45, 7) is 1.59. The maximum atomic E-state index is 13.2. The standard InChI is InChI=1S/C25H25N3O3/c1-15(24(26)29)27-25(30)22-19-7-3-4-9-21(19)28-23-17(6-5-8-20(22)23)14-16-10-12-18(31-2)13-11-16/h3-4,7,9-15H,5-6,8H2,1-2H3,(H2,26,29)(H,27,30)/b17-14+. The number of nitrogens with zero attached hydrogens (tertiary/aromatic N) is 1. The van der Waals surface area contributed by atoms with E-state index in [0.29, 0.717) is 5.56 Å². The smallest absolute Gasteiger partial charge is 0.252 e. The molecule has 3 N–H and O–H groups in total. The molecular weight excluding hydrogens is 390 g/mol. The van der Waals surface area contributed by atoms with Gasteiger partial charge >= 0.3 is 0 Å². The predicted molar refractivity (Wildman–Crippen MR) is 122 cm³/mol. The fourth-order valence-electron chi connectivity index (χ4n) is 3.98. The second-order valence-electron chi connectivity index (χ2n) is 7.72. The molecular formula is C25H25N3O3. The summed E-state index contributed by atoms with van der Waals surface area (Å²) in [5, 5.41) is 3.52. The van der Waals surface area contributed by atoms with Crippen LogP contribution in [0.3, 0.4) is 0 Å². The van der Waals surface area contributed by atoms with Crippen LogP contribution in [0, 0.1) is 0 Å². The molecule has 0 spiro atoms. The fourth-order valence-corrected chi connectivity index (χ4v) is 3.98. The van der Waals surface area contributed by atoms with Crippen molar-refractivity contribution < 1.29 is 14.3 Å². The Morgan fingerprint density at radius 2 is 1.87 bits per heavy atom. The summed E-state index contributed by atoms with van der Waals surface area (Å²) in [5.74, 6) is -0.0645. The van der Waals surface area contributed by atoms with Crippen LogP contribution < -0.4 is 15.8 Å². The summed E-state index contributed by atoms with van der Waals surface area (Å²) in [5.41, 5.74) is 10.6. The molecule has 1 atom stereocenters. The lowest BCUT2D eigenvalue weighted by molar-refractivity contribution is -0.119. The van der Waals surface area contributed by atoms with Gasteiger partial charge in [0.1, 0.15) is 11.8 Å². The quantitative estimate of drug-likeness (QED) is 0.664. The van der Waals surface area contributed by atoms with Crippen LogP contribution in [0.15, 0.2) is 48.5 Å². The van der Waals surface area contributed by atoms with Crippen LogP contribution in [-0.2, 0) is 11.2 Å². The van der Waals surface area contributed by atoms with Crippen LogP contribution in [-0.4, -0.2) is 29.9 Å². The molecule has 0 fully saturated rings. The summed E-state index contributed by atoms with van der Waals surface area (Å²) >= 11 is 0. The molecule has 0 aliphatic heterocycles. The van der Waals surface area contributed by atoms with Crippen LogP contribution in [0.1, 0.15) is 46.9 Å². The Bertz CT molecular complexity index is 1180. The first-order valence-electron chi connectivity index (χ1n) is 10.3. The predicted octanol–water partition coefficient (Wildman–Crippen LogP) is 3.72. The van der Waals surface area contributed by atoms with Crippen molar-refractivity contribution in [3.05, 3.63) is 70.9 Å². The number of methoxy groups -OCH3 is 1. The van der Waals surface area contributed by atoms with Gasteiger partial charge in [0.15, 0.2) is 0 Å². The van der Waals surface area contributed by atoms with Gasteiger partial charge in [-0.15, -0.1) is 0 Å². The molecule has 6 heteroatoms. The number of carbonyl (C=O) groups is 2. The van der Waals surface area contributed by atoms with E-state index >= 15 is 0 Å². The van der Waals surface area contributed by atoms with E-state index in [1.54, 1.807) is 14.0 Å². The number of nitrogens with two attached hydrogens (primary N) is 1. The number of fused-ring (bicyclic) bond motifs is 2. The van der Waals surface area contributed by atoms with Crippen LogP contribution in [0.5, 0.6) is 5.75 Å². The summed E-state index contributed by atoms with van der Waals surface area (Å²) < 4.78 is 5.24. The monoisotopic (exact) mass is 415 g/mol. The molecule has 6 nitrogen and oxygen atoms in total. The minimum absolute atomic E-state index is 0.299. The van der Waals surface area contributed by atoms with Gasteiger partial charge in [-0.25, -0.2) is 4.98 Å². The highest BCUT2D eigenvalue weighted by Gasteiger charge is 2.26. The number of carbonyl (C=O) groups excluding carboxylic acids is 2. The molecule has 1 heterocycles. The van der Waals surface area contributed by atoms with Gasteiger partial charge in [0.05, 0.1) is 23.9 Å². The molecule has 1 aliphatic carbocycles. The van der Waals surface area contributed by atoms with Crippen LogP contribution in [0.25, 0.3) is 22.6 Å². The number of allylic oxidation sites excluding steroid dienone is 1. The average molecular weight is 415 g/mol. The van der Waals surface area contributed by atoms with Gasteiger partial charge in [-0.1, -0.05) is 30.3 Å². The van der Waals surface area contributed by atoms with Crippen LogP contribution in [0.4, 0.5) is 0 Å². The number of para-hydroxylation sites is 1. The summed E-state index contributed by atoms with van der Waals surface area (Å²) in [6.07, 6.45) is 4.66. The fraction of sp³-hybridized carbons (Fsp3) is 0.240. The van der Waals surface area contributed by atoms with Crippen molar-refractivity contribution in [3.8, 4) is 5.75 Å². The molecule has 158 valence electrons. The molecule has 0 bridgehead atoms. The number of hydrogen-bond donors (Lipinski definition) is 2. The highest BCUT2D eigenvalue weighted by atomic mass is 16.5. The minimum atomic E-state index is -0.757. The SMILES string of the molecule is COc1ccc(/C=C2\CCCc3c2nc2ccccc2c3C(=O)NC(C)C(N)=O)cc1. The van der Waals surface area contributed by atoms with E-state index in [4.69, 9.17) is 15.5 Å². The van der Waals surface area contributed by atoms with Gasteiger partial charge in [-0.2, -0.15) is 0 Å². The van der Waals surface area contributed by atoms with E-state index in [1.165, 1.54) is 0 Å². The van der Waals surface area contributed by atoms with Crippen LogP contribution >= 0.6 is 0 Å². The zero-order valence-electron chi connectivity index (χ0n) is 17.6. The minimum Gasteiger partial charge on any atom is -0.497 e. The Balaban J connectivity index is 1.85. The maximum Gasteiger partial charge on any atom is 0.252 e. The highest BCUT2D eigenvalue weighted by Crippen LogP contribution is 2.36. The van der Waals surface area contributed by atoms with Gasteiger partial charge in [0.2, 0.25) is 5.91 Å². The first-order valence-corrected chi connectivity index (χ1v) is 10.3. The van der Waals surface area contributed by atoms with E-state index in [1.807, 2.05) is 48.5 Å². The van der Waals surface area contributed by atoms with Crippen molar-refractivity contribution in [2.75, 3.05) is 7.11 Å². The van der Waals surface area contributed by atoms with E-state index in [-0.39, 0.29) is 5.91 Å². The topological polar surface area (TPSA) is 94.3 Å². The normalized spacial score (nSPS) is 15.4. The molecule has 0 radical (unpaired) electrons. The van der Waals surface area contributed by atoms with E-state index in [0.717, 1.165) is 58.3 Å². The lowest BCUT2D eigenvalue weighted by atomic mass is 9.85. The molecule has 3 aromatic rings. The van der Waals surface area contributed by atoms with Crippen LogP contribution in [0.2, 0.25) is 0 Å². The van der Waals surface area contributed by atoms with E-state index in [2.05, 4.69) is 11.4 Å². The zero-order valence-corrected chi connectivity index (χ0v) is 17.6. The van der Waals surface area contributed by atoms with Gasteiger partial charge in [-0.3, -0.25) is 9.59 Å². The summed E-state index contributed by atoms with van der Waals surface area (Å²) in [7, 11) is 1.64. The number of pyridine rings is 1. The largest absolute Gasteiger partial charge is 0.497 e. The Morgan fingerprint density at radius 3 is 2.58 bits per heavy atom. The molecule has 4 rings (SSSR count). The maximum absolute atomic E-state index is 13.2. The Kier molecular flexibility index (Phi) is 5.71. The highest BCUT2D eigenvalue weighted by molar-refractivity contribution is 6.10. The number of hydrogen-bond acceptors (Lipinski definition) is 4. The summed E-state index contributed by atoms with van der Waals surface area (Å²) in [4.78, 5) is 29.6. The third kappa shape index (κ3) is 4.14. The molecule has 2 amide bonds. The molecule has 2 aromatic carbocycles. The number of benzene rings is 2. The van der Waals surface area contributed by atoms with Crippen molar-refractivity contribution >= 4 is 34.4 Å². The Labute approximate surface area is 181 Å². The second kappa shape index (κ2) is 8.60. The van der Waals surface area contributed by atoms with Crippen molar-refractivity contribution in [2.24, 2.45) is 5.73 Å². The Hall–Kier alpha value is -3.67. The molecule has 1 aliphatic rings. The number of aromatic nitrogens is 1. The molecule has 0 saturated carbocycles. The number of rotatable bonds is 5. The van der Waals surface area contributed by atoms with Gasteiger partial charge in [0.25, 0.3) is 5.91 Å². The molecule has 1 unspecified atom stereocenters. The number of ether oxygens (including phenoxy) is 1. The Morgan fingerprint density at radius 1 is 1.13 bits per heavy atom. The van der Waals surface area contributed by atoms with Crippen molar-refractivity contribution in [2.45, 2.75) is 32.2 Å². The lowest BCUT2D eigenvalue weighted by Gasteiger charge is -2.23. The van der Waals surface area contributed by atoms with Crippen molar-refractivity contribution in [1.29, 1.82) is 0 Å². The number of nitrogens with one attached hydrogen (secondary N) is 1. The molecule has 1 aromatic heterocycles. The number of primary amides is 1. The first kappa shape index (κ1) is 20.6. The van der Waals surface area contributed by atoms with E-state index in [9.17, 15) is 9.59 Å². The lowest BCUT2D eigenvalue weighted by Crippen LogP contribution is -2.42. The number of amides is 2. The van der Waals surface area contributed by atoms with Crippen molar-refractivity contribution in [3.63, 3.8) is 0 Å². The van der Waals surface area contributed by atoms with Crippen molar-refractivity contribution in [1.82, 2.24) is 10.3 Å². The molecule has 0 saturated heterocycles. The average Bonchev–Trinajstić information content (AvgIpc) is 2.78. The van der Waals surface area contributed by atoms with Gasteiger partial charge in [0, 0.05) is 5.39 Å². The molecule has 31 heavy (non-hydrogen) atoms. The first-order chi connectivity index (χ1) is 15.0. The zero-order chi connectivity index (χ0) is 22.0. The van der Waals surface area contributed by atoms with E-state index < -0.39 is 11.9 Å². The summed E-state index contributed by atoms with van der Waals surface area (Å²) in [6, 6.07) is 14.7. The second-order valence-corrected chi connectivity index (χ2v) is 7.72. The third-order valence-electron chi connectivity index (χ3n) is 5.63. The van der Waals surface area contributed by atoms with Gasteiger partial charge in [-0.05, 0) is 67.2 Å². The third-order valence-corrected chi connectivity index (χ3v) is 5.63.